The van der Waals surface area contributed by atoms with Gasteiger partial charge in [0.2, 0.25) is 11.7 Å². The molecule has 11 nitrogen and oxygen atoms in total. The molecule has 2 fully saturated rings. The zero-order valence-corrected chi connectivity index (χ0v) is 21.9. The molecule has 0 spiro atoms. The summed E-state index contributed by atoms with van der Waals surface area (Å²) >= 11 is 0. The summed E-state index contributed by atoms with van der Waals surface area (Å²) in [7, 11) is 0. The zero-order chi connectivity index (χ0) is 27.5. The highest BCUT2D eigenvalue weighted by molar-refractivity contribution is 6.38. The maximum atomic E-state index is 13.3. The molecule has 2 aliphatic heterocycles. The van der Waals surface area contributed by atoms with Crippen LogP contribution in [0.5, 0.6) is 0 Å². The molecule has 0 bridgehead atoms. The Labute approximate surface area is 222 Å². The van der Waals surface area contributed by atoms with Gasteiger partial charge in [0, 0.05) is 44.0 Å². The molecule has 0 aliphatic carbocycles. The molecule has 3 amide bonds. The van der Waals surface area contributed by atoms with Gasteiger partial charge in [-0.05, 0) is 43.5 Å². The fourth-order valence-electron chi connectivity index (χ4n) is 4.61. The van der Waals surface area contributed by atoms with E-state index in [1.54, 1.807) is 12.1 Å². The first-order valence-corrected chi connectivity index (χ1v) is 13.1. The lowest BCUT2D eigenvalue weighted by atomic mass is 10.0. The van der Waals surface area contributed by atoms with Gasteiger partial charge in [-0.2, -0.15) is 0 Å². The van der Waals surface area contributed by atoms with Gasteiger partial charge in [0.25, 0.3) is 11.8 Å². The number of Topliss-reactive ketones (excluding diaryl/α,β-unsaturated/α-hetero) is 1. The van der Waals surface area contributed by atoms with E-state index in [1.165, 1.54) is 11.0 Å². The minimum Gasteiger partial charge on any atom is -0.460 e. The second-order valence-corrected chi connectivity index (χ2v) is 9.31. The highest BCUT2D eigenvalue weighted by atomic mass is 16.5. The van der Waals surface area contributed by atoms with E-state index in [2.05, 4.69) is 27.4 Å². The van der Waals surface area contributed by atoms with Crippen LogP contribution in [0.1, 0.15) is 43.0 Å². The van der Waals surface area contributed by atoms with Crippen molar-refractivity contribution in [2.45, 2.75) is 44.7 Å². The standard InChI is InChI=1S/C27H37N5O6/c1-3-6-21(24(34)26(36)29-18-23(33)38-17-4-2)30-25(35)22-7-5-14-32(22)27(37)19-8-10-20(11-9-19)31-15-12-28-13-16-31/h4,8-11,21-22,28H,2-3,5-7,12-18H2,1H3,(H,29,36)(H,30,35)/t21?,22-/m0/s1. The fraction of sp³-hybridized carbons (Fsp3) is 0.519. The van der Waals surface area contributed by atoms with Gasteiger partial charge in [-0.15, -0.1) is 0 Å². The number of rotatable bonds is 12. The summed E-state index contributed by atoms with van der Waals surface area (Å²) in [5, 5.41) is 8.21. The first-order chi connectivity index (χ1) is 18.3. The van der Waals surface area contributed by atoms with Gasteiger partial charge < -0.3 is 30.5 Å². The van der Waals surface area contributed by atoms with E-state index in [0.717, 1.165) is 31.9 Å². The third-order valence-corrected chi connectivity index (χ3v) is 6.60. The minimum atomic E-state index is -1.06. The lowest BCUT2D eigenvalue weighted by Crippen LogP contribution is -2.53. The third-order valence-electron chi connectivity index (χ3n) is 6.60. The summed E-state index contributed by atoms with van der Waals surface area (Å²) in [4.78, 5) is 66.8. The van der Waals surface area contributed by atoms with Gasteiger partial charge in [0.1, 0.15) is 19.2 Å². The number of likely N-dealkylation sites (tertiary alicyclic amines) is 1. The predicted octanol–water partition coefficient (Wildman–Crippen LogP) is 0.400. The first kappa shape index (κ1) is 28.8. The molecule has 206 valence electrons. The molecule has 11 heteroatoms. The van der Waals surface area contributed by atoms with E-state index in [1.807, 2.05) is 19.1 Å². The molecule has 2 heterocycles. The number of ether oxygens (including phenoxy) is 1. The van der Waals surface area contributed by atoms with Crippen LogP contribution < -0.4 is 20.9 Å². The Morgan fingerprint density at radius 2 is 1.84 bits per heavy atom. The number of ketones is 1. The van der Waals surface area contributed by atoms with E-state index >= 15 is 0 Å². The molecule has 2 atom stereocenters. The average molecular weight is 528 g/mol. The van der Waals surface area contributed by atoms with E-state index < -0.39 is 42.2 Å². The molecule has 2 aliphatic rings. The van der Waals surface area contributed by atoms with Crippen molar-refractivity contribution in [1.29, 1.82) is 0 Å². The van der Waals surface area contributed by atoms with Gasteiger partial charge in [-0.25, -0.2) is 0 Å². The largest absolute Gasteiger partial charge is 0.460 e. The molecule has 0 radical (unpaired) electrons. The predicted molar refractivity (Wildman–Crippen MR) is 142 cm³/mol. The lowest BCUT2D eigenvalue weighted by molar-refractivity contribution is -0.145. The maximum Gasteiger partial charge on any atom is 0.325 e. The Hall–Kier alpha value is -3.73. The summed E-state index contributed by atoms with van der Waals surface area (Å²) in [6, 6.07) is 5.60. The Morgan fingerprint density at radius 3 is 2.50 bits per heavy atom. The number of hydrogen-bond acceptors (Lipinski definition) is 8. The number of carbonyl (C=O) groups is 5. The van der Waals surface area contributed by atoms with Crippen LogP contribution >= 0.6 is 0 Å². The molecule has 3 N–H and O–H groups in total. The summed E-state index contributed by atoms with van der Waals surface area (Å²) in [5.41, 5.74) is 1.54. The molecule has 0 aromatic heterocycles. The van der Waals surface area contributed by atoms with Crippen LogP contribution in [-0.2, 0) is 23.9 Å². The SMILES string of the molecule is C=CCOC(=O)CNC(=O)C(=O)C(CCC)NC(=O)[C@@H]1CCCN1C(=O)c1ccc(N2CCNCC2)cc1. The first-order valence-electron chi connectivity index (χ1n) is 13.1. The van der Waals surface area contributed by atoms with Crippen molar-refractivity contribution in [1.82, 2.24) is 20.9 Å². The van der Waals surface area contributed by atoms with E-state index in [9.17, 15) is 24.0 Å². The fourth-order valence-corrected chi connectivity index (χ4v) is 4.61. The van der Waals surface area contributed by atoms with Gasteiger partial charge in [-0.3, -0.25) is 24.0 Å². The summed E-state index contributed by atoms with van der Waals surface area (Å²) in [6.45, 7) is 8.83. The van der Waals surface area contributed by atoms with Crippen LogP contribution in [0.3, 0.4) is 0 Å². The third kappa shape index (κ3) is 7.64. The van der Waals surface area contributed by atoms with Crippen LogP contribution in [-0.4, -0.2) is 92.3 Å². The Bertz CT molecular complexity index is 1020. The van der Waals surface area contributed by atoms with Crippen LogP contribution in [0, 0.1) is 0 Å². The molecule has 3 rings (SSSR count). The lowest BCUT2D eigenvalue weighted by Gasteiger charge is -2.30. The monoisotopic (exact) mass is 527 g/mol. The van der Waals surface area contributed by atoms with Gasteiger partial charge in [0.15, 0.2) is 0 Å². The zero-order valence-electron chi connectivity index (χ0n) is 21.9. The number of amides is 3. The number of esters is 1. The average Bonchev–Trinajstić information content (AvgIpc) is 3.44. The number of benzene rings is 1. The number of hydrogen-bond donors (Lipinski definition) is 3. The van der Waals surface area contributed by atoms with E-state index in [-0.39, 0.29) is 18.9 Å². The van der Waals surface area contributed by atoms with Crippen LogP contribution in [0.25, 0.3) is 0 Å². The van der Waals surface area contributed by atoms with Crippen molar-refractivity contribution in [2.75, 3.05) is 50.8 Å². The molecular weight excluding hydrogens is 490 g/mol. The second kappa shape index (κ2) is 14.3. The Morgan fingerprint density at radius 1 is 1.13 bits per heavy atom. The molecular formula is C27H37N5O6. The molecule has 1 unspecified atom stereocenters. The maximum absolute atomic E-state index is 13.3. The van der Waals surface area contributed by atoms with Crippen LogP contribution in [0.2, 0.25) is 0 Å². The van der Waals surface area contributed by atoms with Gasteiger partial charge in [-0.1, -0.05) is 26.0 Å². The minimum absolute atomic E-state index is 0.00587. The quantitative estimate of drug-likeness (QED) is 0.202. The number of nitrogens with one attached hydrogen (secondary N) is 3. The van der Waals surface area contributed by atoms with E-state index in [0.29, 0.717) is 31.4 Å². The van der Waals surface area contributed by atoms with Crippen molar-refractivity contribution in [2.24, 2.45) is 0 Å². The highest BCUT2D eigenvalue weighted by Gasteiger charge is 2.37. The topological polar surface area (TPSA) is 137 Å². The molecule has 1 aromatic rings. The Kier molecular flexibility index (Phi) is 10.8. The van der Waals surface area contributed by atoms with E-state index in [4.69, 9.17) is 4.74 Å². The Balaban J connectivity index is 1.60. The van der Waals surface area contributed by atoms with Crippen LogP contribution in [0.15, 0.2) is 36.9 Å². The van der Waals surface area contributed by atoms with Gasteiger partial charge >= 0.3 is 5.97 Å². The highest BCUT2D eigenvalue weighted by Crippen LogP contribution is 2.23. The summed E-state index contributed by atoms with van der Waals surface area (Å²) in [6.07, 6.45) is 3.29. The number of carbonyl (C=O) groups excluding carboxylic acids is 5. The summed E-state index contributed by atoms with van der Waals surface area (Å²) in [5.74, 6) is -3.26. The summed E-state index contributed by atoms with van der Waals surface area (Å²) < 4.78 is 4.77. The normalized spacial score (nSPS) is 17.9. The number of piperazine rings is 1. The number of anilines is 1. The number of nitrogens with zero attached hydrogens (tertiary/aromatic N) is 2. The molecule has 2 saturated heterocycles. The van der Waals surface area contributed by atoms with Crippen molar-refractivity contribution in [3.8, 4) is 0 Å². The van der Waals surface area contributed by atoms with Crippen molar-refractivity contribution in [3.63, 3.8) is 0 Å². The van der Waals surface area contributed by atoms with Crippen molar-refractivity contribution in [3.05, 3.63) is 42.5 Å². The van der Waals surface area contributed by atoms with Crippen molar-refractivity contribution >= 4 is 35.2 Å². The van der Waals surface area contributed by atoms with Gasteiger partial charge in [0.05, 0.1) is 6.04 Å². The smallest absolute Gasteiger partial charge is 0.325 e. The van der Waals surface area contributed by atoms with Crippen molar-refractivity contribution < 1.29 is 28.7 Å². The molecule has 1 aromatic carbocycles. The second-order valence-electron chi connectivity index (χ2n) is 9.31. The molecule has 38 heavy (non-hydrogen) atoms. The molecule has 0 saturated carbocycles. The van der Waals surface area contributed by atoms with Crippen LogP contribution in [0.4, 0.5) is 5.69 Å².